The molecule has 1 aliphatic rings. The number of carbonyl (C=O) groups is 2. The van der Waals surface area contributed by atoms with E-state index in [4.69, 9.17) is 21.3 Å². The molecule has 0 saturated heterocycles. The number of aliphatic carboxylic acids is 1. The fraction of sp³-hybridized carbons (Fsp3) is 0.414. The van der Waals surface area contributed by atoms with Crippen molar-refractivity contribution in [1.82, 2.24) is 4.90 Å². The smallest absolute Gasteiger partial charge is 0.339 e. The Bertz CT molecular complexity index is 1190. The summed E-state index contributed by atoms with van der Waals surface area (Å²) >= 11 is 6.68. The van der Waals surface area contributed by atoms with Gasteiger partial charge < -0.3 is 14.7 Å². The minimum Gasteiger partial charge on any atom is -0.478 e. The molecule has 3 rings (SSSR count). The van der Waals surface area contributed by atoms with E-state index in [1.54, 1.807) is 24.8 Å². The van der Waals surface area contributed by atoms with E-state index in [1.165, 1.54) is 0 Å². The van der Waals surface area contributed by atoms with Crippen molar-refractivity contribution in [3.05, 3.63) is 70.4 Å². The number of ether oxygens (including phenoxy) is 1. The quantitative estimate of drug-likeness (QED) is 0.304. The third-order valence-corrected chi connectivity index (χ3v) is 6.29. The number of amidine groups is 1. The molecule has 0 amide bonds. The van der Waals surface area contributed by atoms with Crippen LogP contribution >= 0.6 is 11.6 Å². The van der Waals surface area contributed by atoms with Crippen LogP contribution in [0.2, 0.25) is 0 Å². The Morgan fingerprint density at radius 1 is 1.08 bits per heavy atom. The number of esters is 1. The minimum absolute atomic E-state index is 0.0901. The number of unbranched alkanes of at least 4 members (excludes halogenated alkanes) is 1. The first-order chi connectivity index (χ1) is 16.8. The van der Waals surface area contributed by atoms with E-state index < -0.39 is 17.1 Å². The van der Waals surface area contributed by atoms with E-state index in [0.29, 0.717) is 18.5 Å². The van der Waals surface area contributed by atoms with Gasteiger partial charge in [-0.15, -0.1) is 0 Å². The van der Waals surface area contributed by atoms with Gasteiger partial charge in [0.05, 0.1) is 23.2 Å². The molecule has 0 saturated carbocycles. The first kappa shape index (κ1) is 27.5. The monoisotopic (exact) mass is 510 g/mol. The summed E-state index contributed by atoms with van der Waals surface area (Å²) in [5.41, 5.74) is 1.71. The van der Waals surface area contributed by atoms with Crippen molar-refractivity contribution in [3.63, 3.8) is 0 Å². The summed E-state index contributed by atoms with van der Waals surface area (Å²) in [6.45, 7) is 11.6. The Morgan fingerprint density at radius 3 is 2.31 bits per heavy atom. The predicted octanol–water partition coefficient (Wildman–Crippen LogP) is 7.03. The Morgan fingerprint density at radius 2 is 1.72 bits per heavy atom. The van der Waals surface area contributed by atoms with Gasteiger partial charge in [-0.3, -0.25) is 4.99 Å². The summed E-state index contributed by atoms with van der Waals surface area (Å²) in [4.78, 5) is 31.3. The van der Waals surface area contributed by atoms with Gasteiger partial charge in [-0.25, -0.2) is 9.59 Å². The summed E-state index contributed by atoms with van der Waals surface area (Å²) in [5.74, 6) is -0.647. The molecule has 0 aromatic heterocycles. The third kappa shape index (κ3) is 6.35. The highest BCUT2D eigenvalue weighted by atomic mass is 35.5. The number of hydrogen-bond acceptors (Lipinski definition) is 5. The van der Waals surface area contributed by atoms with E-state index in [0.717, 1.165) is 35.4 Å². The van der Waals surface area contributed by atoms with Gasteiger partial charge in [0.2, 0.25) is 0 Å². The second-order valence-corrected chi connectivity index (χ2v) is 10.9. The molecule has 192 valence electrons. The highest BCUT2D eigenvalue weighted by molar-refractivity contribution is 6.33. The van der Waals surface area contributed by atoms with Gasteiger partial charge in [-0.1, -0.05) is 67.4 Å². The zero-order valence-electron chi connectivity index (χ0n) is 21.9. The molecule has 0 atom stereocenters. The summed E-state index contributed by atoms with van der Waals surface area (Å²) in [6.07, 6.45) is 2.63. The molecule has 0 unspecified atom stereocenters. The first-order valence-electron chi connectivity index (χ1n) is 12.3. The van der Waals surface area contributed by atoms with Gasteiger partial charge >= 0.3 is 11.9 Å². The fourth-order valence-corrected chi connectivity index (χ4v) is 4.66. The van der Waals surface area contributed by atoms with Crippen molar-refractivity contribution < 1.29 is 19.4 Å². The number of benzene rings is 2. The molecule has 7 heteroatoms. The summed E-state index contributed by atoms with van der Waals surface area (Å²) < 4.78 is 5.59. The van der Waals surface area contributed by atoms with E-state index in [9.17, 15) is 14.7 Å². The van der Waals surface area contributed by atoms with E-state index in [2.05, 4.69) is 6.92 Å². The Balaban J connectivity index is 1.91. The molecular formula is C29H35ClN2O4. The van der Waals surface area contributed by atoms with Crippen LogP contribution in [0.1, 0.15) is 76.7 Å². The van der Waals surface area contributed by atoms with Gasteiger partial charge in [0.1, 0.15) is 16.6 Å². The standard InChI is InChI=1S/C29H35ClN2O4/c1-7-8-13-23-31-29(5,6)24(26(33)34)25(30)32(23)18-19-14-16-20(17-15-19)21-11-9-10-12-22(21)27(35)36-28(2,3)4/h9-12,14-17H,7-8,13,18H2,1-6H3,(H,33,34). The van der Waals surface area contributed by atoms with Gasteiger partial charge in [-0.2, -0.15) is 0 Å². The maximum atomic E-state index is 12.8. The van der Waals surface area contributed by atoms with Crippen molar-refractivity contribution in [2.24, 2.45) is 4.99 Å². The van der Waals surface area contributed by atoms with E-state index >= 15 is 0 Å². The molecule has 0 radical (unpaired) electrons. The maximum absolute atomic E-state index is 12.8. The number of halogens is 1. The number of nitrogens with zero attached hydrogens (tertiary/aromatic N) is 2. The summed E-state index contributed by atoms with van der Waals surface area (Å²) in [7, 11) is 0. The molecule has 2 aromatic carbocycles. The molecule has 0 aliphatic carbocycles. The molecule has 36 heavy (non-hydrogen) atoms. The van der Waals surface area contributed by atoms with Crippen molar-refractivity contribution in [3.8, 4) is 11.1 Å². The lowest BCUT2D eigenvalue weighted by atomic mass is 9.93. The fourth-order valence-electron chi connectivity index (χ4n) is 4.19. The SMILES string of the molecule is CCCCC1=NC(C)(C)C(C(=O)O)=C(Cl)N1Cc1ccc(-c2ccccc2C(=O)OC(C)(C)C)cc1. The molecule has 1 heterocycles. The minimum atomic E-state index is -1.07. The molecule has 6 nitrogen and oxygen atoms in total. The van der Waals surface area contributed by atoms with Crippen LogP contribution in [-0.2, 0) is 16.1 Å². The summed E-state index contributed by atoms with van der Waals surface area (Å²) in [6, 6.07) is 15.2. The average molecular weight is 511 g/mol. The molecule has 1 aliphatic heterocycles. The zero-order valence-corrected chi connectivity index (χ0v) is 22.6. The highest BCUT2D eigenvalue weighted by Gasteiger charge is 2.38. The first-order valence-corrected chi connectivity index (χ1v) is 12.6. The van der Waals surface area contributed by atoms with Gasteiger partial charge in [0.25, 0.3) is 0 Å². The Labute approximate surface area is 218 Å². The Hall–Kier alpha value is -3.12. The molecule has 0 bridgehead atoms. The number of carbonyl (C=O) groups excluding carboxylic acids is 1. The molecular weight excluding hydrogens is 476 g/mol. The molecule has 0 spiro atoms. The van der Waals surface area contributed by atoms with Crippen LogP contribution in [-0.4, -0.2) is 38.9 Å². The van der Waals surface area contributed by atoms with Crippen LogP contribution in [0, 0.1) is 0 Å². The lowest BCUT2D eigenvalue weighted by Crippen LogP contribution is -2.41. The molecule has 0 fully saturated rings. The second-order valence-electron chi connectivity index (χ2n) is 10.5. The van der Waals surface area contributed by atoms with E-state index in [1.807, 2.05) is 63.2 Å². The number of rotatable bonds is 8. The lowest BCUT2D eigenvalue weighted by Gasteiger charge is -2.36. The van der Waals surface area contributed by atoms with Gasteiger partial charge in [0, 0.05) is 6.42 Å². The molecule has 1 N–H and O–H groups in total. The van der Waals surface area contributed by atoms with Crippen molar-refractivity contribution in [2.75, 3.05) is 0 Å². The van der Waals surface area contributed by atoms with Crippen molar-refractivity contribution >= 4 is 29.4 Å². The van der Waals surface area contributed by atoms with Crippen LogP contribution in [0.15, 0.2) is 64.3 Å². The zero-order chi connectivity index (χ0) is 26.7. The lowest BCUT2D eigenvalue weighted by molar-refractivity contribution is -0.133. The number of carboxylic acids is 1. The van der Waals surface area contributed by atoms with Gasteiger partial charge in [-0.05, 0) is 63.8 Å². The van der Waals surface area contributed by atoms with Crippen LogP contribution in [0.3, 0.4) is 0 Å². The van der Waals surface area contributed by atoms with Crippen molar-refractivity contribution in [2.45, 2.75) is 78.5 Å². The topological polar surface area (TPSA) is 79.2 Å². The molecule has 2 aromatic rings. The Kier molecular flexibility index (Phi) is 8.29. The second kappa shape index (κ2) is 10.9. The van der Waals surface area contributed by atoms with Crippen LogP contribution in [0.4, 0.5) is 0 Å². The maximum Gasteiger partial charge on any atom is 0.339 e. The highest BCUT2D eigenvalue weighted by Crippen LogP contribution is 2.35. The average Bonchev–Trinajstić information content (AvgIpc) is 2.78. The largest absolute Gasteiger partial charge is 0.478 e. The third-order valence-electron chi connectivity index (χ3n) is 5.89. The number of carboxylic acid groups (broad SMARTS) is 1. The summed E-state index contributed by atoms with van der Waals surface area (Å²) in [5, 5.41) is 10.0. The van der Waals surface area contributed by atoms with Gasteiger partial charge in [0.15, 0.2) is 0 Å². The van der Waals surface area contributed by atoms with Crippen LogP contribution < -0.4 is 0 Å². The van der Waals surface area contributed by atoms with E-state index in [-0.39, 0.29) is 16.7 Å². The van der Waals surface area contributed by atoms with Crippen molar-refractivity contribution in [1.29, 1.82) is 0 Å². The van der Waals surface area contributed by atoms with Crippen LogP contribution in [0.25, 0.3) is 11.1 Å². The predicted molar refractivity (Wildman–Crippen MR) is 144 cm³/mol. The normalized spacial score (nSPS) is 15.5. The number of aliphatic imine (C=N–C) groups is 1. The van der Waals surface area contributed by atoms with Crippen LogP contribution in [0.5, 0.6) is 0 Å². The number of hydrogen-bond donors (Lipinski definition) is 1.